The Hall–Kier alpha value is -1.71. The molecule has 0 radical (unpaired) electrons. The molecule has 0 aliphatic heterocycles. The Kier molecular flexibility index (Phi) is 5.21. The van der Waals surface area contributed by atoms with Gasteiger partial charge >= 0.3 is 6.03 Å². The summed E-state index contributed by atoms with van der Waals surface area (Å²) in [5.41, 5.74) is 2.22. The van der Waals surface area contributed by atoms with Crippen LogP contribution in [0.3, 0.4) is 0 Å². The number of hydrogen-bond acceptors (Lipinski definition) is 2. The van der Waals surface area contributed by atoms with E-state index in [0.717, 1.165) is 16.9 Å². The van der Waals surface area contributed by atoms with Gasteiger partial charge in [-0.05, 0) is 29.5 Å². The van der Waals surface area contributed by atoms with Crippen molar-refractivity contribution < 1.29 is 9.53 Å². The van der Waals surface area contributed by atoms with Gasteiger partial charge in [0, 0.05) is 13.1 Å². The molecule has 2 N–H and O–H groups in total. The highest BCUT2D eigenvalue weighted by atomic mass is 16.5. The Morgan fingerprint density at radius 1 is 1.26 bits per heavy atom. The van der Waals surface area contributed by atoms with Crippen LogP contribution < -0.4 is 15.4 Å². The third-order valence-electron chi connectivity index (χ3n) is 2.69. The molecular formula is C15H24N2O2. The maximum Gasteiger partial charge on any atom is 0.315 e. The van der Waals surface area contributed by atoms with Crippen LogP contribution >= 0.6 is 0 Å². The van der Waals surface area contributed by atoms with Crippen molar-refractivity contribution in [3.8, 4) is 5.75 Å². The van der Waals surface area contributed by atoms with E-state index in [2.05, 4.69) is 31.4 Å². The molecule has 4 heteroatoms. The third-order valence-corrected chi connectivity index (χ3v) is 2.69. The minimum absolute atomic E-state index is 0.0913. The molecule has 19 heavy (non-hydrogen) atoms. The lowest BCUT2D eigenvalue weighted by Gasteiger charge is -2.19. The molecule has 1 aromatic carbocycles. The van der Waals surface area contributed by atoms with Gasteiger partial charge in [-0.2, -0.15) is 0 Å². The highest BCUT2D eigenvalue weighted by molar-refractivity contribution is 5.73. The molecule has 1 rings (SSSR count). The molecule has 2 amide bonds. The number of nitrogens with one attached hydrogen (secondary N) is 2. The minimum Gasteiger partial charge on any atom is -0.496 e. The third kappa shape index (κ3) is 5.64. The lowest BCUT2D eigenvalue weighted by molar-refractivity contribution is 0.235. The second-order valence-corrected chi connectivity index (χ2v) is 5.90. The van der Waals surface area contributed by atoms with Gasteiger partial charge in [0.15, 0.2) is 0 Å². The van der Waals surface area contributed by atoms with Crippen LogP contribution in [-0.4, -0.2) is 19.7 Å². The number of methoxy groups -OCH3 is 1. The zero-order chi connectivity index (χ0) is 14.5. The first-order chi connectivity index (χ1) is 8.81. The average molecular weight is 264 g/mol. The van der Waals surface area contributed by atoms with Crippen LogP contribution in [0.15, 0.2) is 18.2 Å². The fraction of sp³-hybridized carbons (Fsp3) is 0.533. The number of hydrogen-bond donors (Lipinski definition) is 2. The summed E-state index contributed by atoms with van der Waals surface area (Å²) >= 11 is 0. The van der Waals surface area contributed by atoms with E-state index in [-0.39, 0.29) is 11.4 Å². The summed E-state index contributed by atoms with van der Waals surface area (Å²) in [4.78, 5) is 11.6. The van der Waals surface area contributed by atoms with Gasteiger partial charge in [-0.1, -0.05) is 32.9 Å². The molecule has 0 unspecified atom stereocenters. The molecule has 0 bridgehead atoms. The maximum absolute atomic E-state index is 11.6. The number of benzene rings is 1. The Balaban J connectivity index is 2.44. The summed E-state index contributed by atoms with van der Waals surface area (Å²) in [6.45, 7) is 9.41. The van der Waals surface area contributed by atoms with Gasteiger partial charge < -0.3 is 15.4 Å². The number of carbonyl (C=O) groups is 1. The predicted octanol–water partition coefficient (Wildman–Crippen LogP) is 2.85. The van der Waals surface area contributed by atoms with Crippen molar-refractivity contribution in [3.63, 3.8) is 0 Å². The number of ether oxygens (including phenoxy) is 1. The fourth-order valence-corrected chi connectivity index (χ4v) is 1.64. The zero-order valence-corrected chi connectivity index (χ0v) is 12.5. The van der Waals surface area contributed by atoms with Gasteiger partial charge in [0.05, 0.1) is 7.11 Å². The molecule has 0 spiro atoms. The molecule has 0 saturated heterocycles. The van der Waals surface area contributed by atoms with Crippen molar-refractivity contribution >= 4 is 6.03 Å². The van der Waals surface area contributed by atoms with Crippen molar-refractivity contribution in [2.45, 2.75) is 34.2 Å². The smallest absolute Gasteiger partial charge is 0.315 e. The summed E-state index contributed by atoms with van der Waals surface area (Å²) in [6, 6.07) is 5.75. The SMILES string of the molecule is COc1ccc(CNC(=O)NCC(C)(C)C)cc1C. The first-order valence-electron chi connectivity index (χ1n) is 6.47. The average Bonchev–Trinajstić information content (AvgIpc) is 2.33. The molecule has 0 atom stereocenters. The highest BCUT2D eigenvalue weighted by Crippen LogP contribution is 2.18. The van der Waals surface area contributed by atoms with Crippen LogP contribution in [0.5, 0.6) is 5.75 Å². The number of rotatable bonds is 4. The molecule has 106 valence electrons. The molecule has 4 nitrogen and oxygen atoms in total. The number of urea groups is 1. The molecule has 1 aromatic rings. The van der Waals surface area contributed by atoms with Crippen molar-refractivity contribution in [2.24, 2.45) is 5.41 Å². The van der Waals surface area contributed by atoms with Crippen molar-refractivity contribution in [1.82, 2.24) is 10.6 Å². The maximum atomic E-state index is 11.6. The zero-order valence-electron chi connectivity index (χ0n) is 12.5. The van der Waals surface area contributed by atoms with Crippen LogP contribution in [0.4, 0.5) is 4.79 Å². The number of aryl methyl sites for hydroxylation is 1. The van der Waals surface area contributed by atoms with Crippen molar-refractivity contribution in [1.29, 1.82) is 0 Å². The molecule has 0 heterocycles. The monoisotopic (exact) mass is 264 g/mol. The van der Waals surface area contributed by atoms with E-state index in [0.29, 0.717) is 13.1 Å². The molecule has 0 aliphatic carbocycles. The molecule has 0 fully saturated rings. The van der Waals surface area contributed by atoms with Crippen molar-refractivity contribution in [2.75, 3.05) is 13.7 Å². The summed E-state index contributed by atoms with van der Waals surface area (Å²) in [7, 11) is 1.65. The van der Waals surface area contributed by atoms with Gasteiger partial charge in [-0.15, -0.1) is 0 Å². The van der Waals surface area contributed by atoms with E-state index in [1.807, 2.05) is 25.1 Å². The Labute approximate surface area is 115 Å². The first-order valence-corrected chi connectivity index (χ1v) is 6.47. The van der Waals surface area contributed by atoms with Gasteiger partial charge in [-0.25, -0.2) is 4.79 Å². The van der Waals surface area contributed by atoms with E-state index in [9.17, 15) is 4.79 Å². The summed E-state index contributed by atoms with van der Waals surface area (Å²) in [5.74, 6) is 0.862. The molecule has 0 saturated carbocycles. The summed E-state index contributed by atoms with van der Waals surface area (Å²) in [5, 5.41) is 5.70. The second kappa shape index (κ2) is 6.45. The van der Waals surface area contributed by atoms with Gasteiger partial charge in [-0.3, -0.25) is 0 Å². The summed E-state index contributed by atoms with van der Waals surface area (Å²) in [6.07, 6.45) is 0. The summed E-state index contributed by atoms with van der Waals surface area (Å²) < 4.78 is 5.20. The minimum atomic E-state index is -0.136. The Bertz CT molecular complexity index is 436. The van der Waals surface area contributed by atoms with Crippen LogP contribution in [0.2, 0.25) is 0 Å². The van der Waals surface area contributed by atoms with Crippen LogP contribution in [0, 0.1) is 12.3 Å². The topological polar surface area (TPSA) is 50.4 Å². The van der Waals surface area contributed by atoms with E-state index < -0.39 is 0 Å². The van der Waals surface area contributed by atoms with E-state index in [1.165, 1.54) is 0 Å². The normalized spacial score (nSPS) is 11.0. The van der Waals surface area contributed by atoms with Crippen molar-refractivity contribution in [3.05, 3.63) is 29.3 Å². The van der Waals surface area contributed by atoms with Crippen LogP contribution in [-0.2, 0) is 6.54 Å². The molecular weight excluding hydrogens is 240 g/mol. The first kappa shape index (κ1) is 15.3. The standard InChI is InChI=1S/C15H24N2O2/c1-11-8-12(6-7-13(11)19-5)9-16-14(18)17-10-15(2,3)4/h6-8H,9-10H2,1-5H3,(H2,16,17,18). The van der Waals surface area contributed by atoms with Crippen LogP contribution in [0.25, 0.3) is 0 Å². The Morgan fingerprint density at radius 2 is 1.95 bits per heavy atom. The molecule has 0 aromatic heterocycles. The highest BCUT2D eigenvalue weighted by Gasteiger charge is 2.11. The largest absolute Gasteiger partial charge is 0.496 e. The van der Waals surface area contributed by atoms with Gasteiger partial charge in [0.25, 0.3) is 0 Å². The van der Waals surface area contributed by atoms with E-state index >= 15 is 0 Å². The van der Waals surface area contributed by atoms with Gasteiger partial charge in [0.2, 0.25) is 0 Å². The quantitative estimate of drug-likeness (QED) is 0.878. The second-order valence-electron chi connectivity index (χ2n) is 5.90. The van der Waals surface area contributed by atoms with E-state index in [1.54, 1.807) is 7.11 Å². The molecule has 0 aliphatic rings. The van der Waals surface area contributed by atoms with Gasteiger partial charge in [0.1, 0.15) is 5.75 Å². The number of carbonyl (C=O) groups excluding carboxylic acids is 1. The predicted molar refractivity (Wildman–Crippen MR) is 77.4 cm³/mol. The lowest BCUT2D eigenvalue weighted by atomic mass is 9.97. The fourth-order valence-electron chi connectivity index (χ4n) is 1.64. The number of amides is 2. The van der Waals surface area contributed by atoms with Crippen LogP contribution in [0.1, 0.15) is 31.9 Å². The lowest BCUT2D eigenvalue weighted by Crippen LogP contribution is -2.39. The van der Waals surface area contributed by atoms with E-state index in [4.69, 9.17) is 4.74 Å². The Morgan fingerprint density at radius 3 is 2.47 bits per heavy atom.